The molecule has 11 heteroatoms. The van der Waals surface area contributed by atoms with Gasteiger partial charge in [-0.15, -0.1) is 10.2 Å². The first-order valence-electron chi connectivity index (χ1n) is 8.95. The van der Waals surface area contributed by atoms with Crippen LogP contribution in [-0.4, -0.2) is 59.6 Å². The Kier molecular flexibility index (Phi) is 6.75. The molecule has 30 heavy (non-hydrogen) atoms. The molecule has 0 saturated carbocycles. The van der Waals surface area contributed by atoms with Crippen LogP contribution in [0.3, 0.4) is 0 Å². The zero-order valence-electron chi connectivity index (χ0n) is 16.4. The summed E-state index contributed by atoms with van der Waals surface area (Å²) < 4.78 is 38.2. The lowest BCUT2D eigenvalue weighted by molar-refractivity contribution is -0.145. The van der Waals surface area contributed by atoms with Crippen LogP contribution in [0.5, 0.6) is 5.75 Å². The van der Waals surface area contributed by atoms with Crippen LogP contribution in [0, 0.1) is 0 Å². The Hall–Kier alpha value is -3.31. The van der Waals surface area contributed by atoms with Crippen LogP contribution >= 0.6 is 0 Å². The molecule has 1 N–H and O–H groups in total. The first kappa shape index (κ1) is 21.4. The minimum Gasteiger partial charge on any atom is -0.497 e. The van der Waals surface area contributed by atoms with Gasteiger partial charge in [0.15, 0.2) is 5.82 Å². The number of H-pyrrole nitrogens is 1. The molecule has 1 aromatic heterocycles. The van der Waals surface area contributed by atoms with Crippen molar-refractivity contribution in [2.24, 2.45) is 0 Å². The van der Waals surface area contributed by atoms with Crippen molar-refractivity contribution in [2.75, 3.05) is 14.2 Å². The number of methoxy groups -OCH3 is 2. The molecule has 3 rings (SSSR count). The summed E-state index contributed by atoms with van der Waals surface area (Å²) >= 11 is 0. The molecule has 10 nitrogen and oxygen atoms in total. The van der Waals surface area contributed by atoms with Crippen molar-refractivity contribution in [3.05, 3.63) is 66.0 Å². The average molecular weight is 431 g/mol. The number of benzene rings is 2. The zero-order valence-corrected chi connectivity index (χ0v) is 17.2. The van der Waals surface area contributed by atoms with E-state index in [0.29, 0.717) is 11.3 Å². The molecular formula is C19H21N5O5S. The van der Waals surface area contributed by atoms with Gasteiger partial charge in [-0.1, -0.05) is 35.5 Å². The number of aromatic nitrogens is 4. The molecule has 3 aromatic rings. The van der Waals surface area contributed by atoms with Gasteiger partial charge in [0.2, 0.25) is 10.0 Å². The highest BCUT2D eigenvalue weighted by Crippen LogP contribution is 2.25. The number of nitrogens with one attached hydrogen (secondary N) is 1. The maximum absolute atomic E-state index is 13.5. The molecule has 0 aliphatic rings. The van der Waals surface area contributed by atoms with Crippen molar-refractivity contribution in [3.8, 4) is 5.75 Å². The molecule has 2 aromatic carbocycles. The number of tetrazole rings is 1. The van der Waals surface area contributed by atoms with E-state index in [1.165, 1.54) is 26.4 Å². The maximum atomic E-state index is 13.5. The minimum absolute atomic E-state index is 0.0150. The highest BCUT2D eigenvalue weighted by atomic mass is 32.2. The van der Waals surface area contributed by atoms with E-state index in [1.54, 1.807) is 36.4 Å². The monoisotopic (exact) mass is 431 g/mol. The van der Waals surface area contributed by atoms with Gasteiger partial charge in [0, 0.05) is 13.0 Å². The highest BCUT2D eigenvalue weighted by molar-refractivity contribution is 7.89. The Bertz CT molecular complexity index is 1060. The van der Waals surface area contributed by atoms with E-state index in [1.807, 2.05) is 6.07 Å². The van der Waals surface area contributed by atoms with E-state index in [2.05, 4.69) is 20.6 Å². The Morgan fingerprint density at radius 1 is 1.10 bits per heavy atom. The summed E-state index contributed by atoms with van der Waals surface area (Å²) in [5.41, 5.74) is 0.705. The zero-order chi connectivity index (χ0) is 21.6. The van der Waals surface area contributed by atoms with Crippen molar-refractivity contribution in [1.29, 1.82) is 0 Å². The summed E-state index contributed by atoms with van der Waals surface area (Å²) in [6, 6.07) is 13.7. The Balaban J connectivity index is 2.05. The summed E-state index contributed by atoms with van der Waals surface area (Å²) in [6.45, 7) is -0.0488. The fourth-order valence-electron chi connectivity index (χ4n) is 2.89. The van der Waals surface area contributed by atoms with Gasteiger partial charge < -0.3 is 9.47 Å². The molecule has 0 fully saturated rings. The lowest BCUT2D eigenvalue weighted by Crippen LogP contribution is -2.46. The molecule has 0 aliphatic heterocycles. The second-order valence-corrected chi connectivity index (χ2v) is 8.17. The minimum atomic E-state index is -4.09. The van der Waals surface area contributed by atoms with Gasteiger partial charge in [0.05, 0.1) is 19.1 Å². The quantitative estimate of drug-likeness (QED) is 0.501. The van der Waals surface area contributed by atoms with Gasteiger partial charge in [-0.05, 0) is 29.8 Å². The van der Waals surface area contributed by atoms with Crippen LogP contribution in [0.1, 0.15) is 11.4 Å². The van der Waals surface area contributed by atoms with Crippen LogP contribution in [-0.2, 0) is 32.5 Å². The number of sulfonamides is 1. The van der Waals surface area contributed by atoms with Crippen molar-refractivity contribution in [3.63, 3.8) is 0 Å². The van der Waals surface area contributed by atoms with Crippen molar-refractivity contribution < 1.29 is 22.7 Å². The summed E-state index contributed by atoms with van der Waals surface area (Å²) in [6.07, 6.45) is -0.106. The number of ether oxygens (including phenoxy) is 2. The Morgan fingerprint density at radius 2 is 1.80 bits per heavy atom. The smallest absolute Gasteiger partial charge is 0.324 e. The number of aromatic amines is 1. The van der Waals surface area contributed by atoms with Gasteiger partial charge in [0.1, 0.15) is 11.8 Å². The van der Waals surface area contributed by atoms with E-state index in [9.17, 15) is 13.2 Å². The third kappa shape index (κ3) is 4.81. The topological polar surface area (TPSA) is 127 Å². The van der Waals surface area contributed by atoms with Gasteiger partial charge in [-0.2, -0.15) is 9.52 Å². The van der Waals surface area contributed by atoms with Gasteiger partial charge in [-0.3, -0.25) is 4.79 Å². The fraction of sp³-hybridized carbons (Fsp3) is 0.263. The molecule has 1 unspecified atom stereocenters. The van der Waals surface area contributed by atoms with Crippen molar-refractivity contribution >= 4 is 16.0 Å². The number of carbonyl (C=O) groups excluding carboxylic acids is 1. The molecule has 158 valence electrons. The Morgan fingerprint density at radius 3 is 2.37 bits per heavy atom. The standard InChI is InChI=1S/C19H21N5O5S/c1-28-15-8-10-16(11-9-15)30(26,27)24(13-14-6-4-3-5-7-14)17(19(25)29-2)12-18-20-22-23-21-18/h3-11,17H,12-13H2,1-2H3,(H,20,21,22,23). The molecule has 0 amide bonds. The second kappa shape index (κ2) is 9.46. The first-order valence-corrected chi connectivity index (χ1v) is 10.4. The number of rotatable bonds is 9. The second-order valence-electron chi connectivity index (χ2n) is 6.28. The summed E-state index contributed by atoms with van der Waals surface area (Å²) in [7, 11) is -1.40. The number of hydrogen-bond acceptors (Lipinski definition) is 8. The molecule has 1 heterocycles. The van der Waals surface area contributed by atoms with E-state index in [0.717, 1.165) is 4.31 Å². The third-order valence-electron chi connectivity index (χ3n) is 4.43. The first-order chi connectivity index (χ1) is 14.5. The Labute approximate surface area is 173 Å². The van der Waals surface area contributed by atoms with Crippen LogP contribution in [0.4, 0.5) is 0 Å². The van der Waals surface area contributed by atoms with E-state index < -0.39 is 22.0 Å². The lowest BCUT2D eigenvalue weighted by Gasteiger charge is -2.28. The van der Waals surface area contributed by atoms with E-state index >= 15 is 0 Å². The number of nitrogens with zero attached hydrogens (tertiary/aromatic N) is 4. The number of esters is 1. The van der Waals surface area contributed by atoms with Gasteiger partial charge in [-0.25, -0.2) is 8.42 Å². The van der Waals surface area contributed by atoms with Crippen LogP contribution in [0.15, 0.2) is 59.5 Å². The van der Waals surface area contributed by atoms with Crippen LogP contribution < -0.4 is 4.74 Å². The number of carbonyl (C=O) groups is 1. The predicted octanol–water partition coefficient (Wildman–Crippen LogP) is 1.18. The summed E-state index contributed by atoms with van der Waals surface area (Å²) in [4.78, 5) is 12.6. The van der Waals surface area contributed by atoms with Crippen LogP contribution in [0.2, 0.25) is 0 Å². The summed E-state index contributed by atoms with van der Waals surface area (Å²) in [5, 5.41) is 13.5. The van der Waals surface area contributed by atoms with Crippen molar-refractivity contribution in [2.45, 2.75) is 23.9 Å². The largest absolute Gasteiger partial charge is 0.497 e. The fourth-order valence-corrected chi connectivity index (χ4v) is 4.46. The van der Waals surface area contributed by atoms with Gasteiger partial charge >= 0.3 is 5.97 Å². The van der Waals surface area contributed by atoms with Crippen molar-refractivity contribution in [1.82, 2.24) is 24.9 Å². The molecule has 0 saturated heterocycles. The molecule has 0 bridgehead atoms. The lowest BCUT2D eigenvalue weighted by atomic mass is 10.1. The molecule has 1 atom stereocenters. The predicted molar refractivity (Wildman–Crippen MR) is 106 cm³/mol. The summed E-state index contributed by atoms with van der Waals surface area (Å²) in [5.74, 6) is -0.0268. The molecular weight excluding hydrogens is 410 g/mol. The van der Waals surface area contributed by atoms with Gasteiger partial charge in [0.25, 0.3) is 0 Å². The van der Waals surface area contributed by atoms with Crippen LogP contribution in [0.25, 0.3) is 0 Å². The third-order valence-corrected chi connectivity index (χ3v) is 6.30. The van der Waals surface area contributed by atoms with E-state index in [-0.39, 0.29) is 23.7 Å². The normalized spacial score (nSPS) is 12.5. The average Bonchev–Trinajstić information content (AvgIpc) is 3.29. The molecule has 0 radical (unpaired) electrons. The molecule has 0 spiro atoms. The highest BCUT2D eigenvalue weighted by Gasteiger charge is 2.37. The van der Waals surface area contributed by atoms with E-state index in [4.69, 9.17) is 9.47 Å². The molecule has 0 aliphatic carbocycles. The maximum Gasteiger partial charge on any atom is 0.324 e. The SMILES string of the molecule is COC(=O)C(Cc1nn[nH]n1)N(Cc1ccccc1)S(=O)(=O)c1ccc(OC)cc1. The number of hydrogen-bond donors (Lipinski definition) is 1.